The number of sulfonamides is 1. The summed E-state index contributed by atoms with van der Waals surface area (Å²) in [7, 11) is -3.72. The third-order valence-electron chi connectivity index (χ3n) is 4.62. The number of nitrogens with zero attached hydrogens (tertiary/aromatic N) is 1. The van der Waals surface area contributed by atoms with Gasteiger partial charge in [0.2, 0.25) is 10.0 Å². The summed E-state index contributed by atoms with van der Waals surface area (Å²) in [5, 5.41) is 16.1. The number of rotatable bonds is 7. The Balaban J connectivity index is 1.74. The van der Waals surface area contributed by atoms with Gasteiger partial charge in [0.25, 0.3) is 17.5 Å². The summed E-state index contributed by atoms with van der Waals surface area (Å²) < 4.78 is 27.5. The molecule has 0 aliphatic heterocycles. The van der Waals surface area contributed by atoms with Crippen LogP contribution in [0.2, 0.25) is 0 Å². The highest BCUT2D eigenvalue weighted by Crippen LogP contribution is 2.21. The standard InChI is InChI=1S/C24H24N4O6S/c1-24(2,3)27-35(33,34)19-14-10-17(11-15-19)25-23(30)20-6-4-5-7-21(20)26-22(29)16-8-12-18(13-9-16)28(31)32/h4-15,27H,1-3H3,(H,25,30)(H,26,29). The van der Waals surface area contributed by atoms with Crippen molar-refractivity contribution in [3.63, 3.8) is 0 Å². The Morgan fingerprint density at radius 3 is 2.00 bits per heavy atom. The van der Waals surface area contributed by atoms with Crippen molar-refractivity contribution in [3.05, 3.63) is 94.0 Å². The summed E-state index contributed by atoms with van der Waals surface area (Å²) in [4.78, 5) is 35.7. The zero-order valence-electron chi connectivity index (χ0n) is 19.2. The molecule has 0 heterocycles. The van der Waals surface area contributed by atoms with Gasteiger partial charge in [0.15, 0.2) is 0 Å². The van der Waals surface area contributed by atoms with Gasteiger partial charge in [-0.25, -0.2) is 13.1 Å². The predicted octanol–water partition coefficient (Wildman–Crippen LogP) is 4.18. The molecule has 3 aromatic rings. The molecule has 0 radical (unpaired) electrons. The molecule has 35 heavy (non-hydrogen) atoms. The maximum atomic E-state index is 12.9. The molecule has 0 fully saturated rings. The molecule has 2 amide bonds. The number of hydrogen-bond acceptors (Lipinski definition) is 6. The first-order chi connectivity index (χ1) is 16.4. The molecule has 0 unspecified atom stereocenters. The topological polar surface area (TPSA) is 148 Å². The minimum atomic E-state index is -3.72. The molecule has 3 rings (SSSR count). The van der Waals surface area contributed by atoms with E-state index in [1.54, 1.807) is 39.0 Å². The first kappa shape index (κ1) is 25.5. The smallest absolute Gasteiger partial charge is 0.269 e. The second-order valence-electron chi connectivity index (χ2n) is 8.64. The van der Waals surface area contributed by atoms with Crippen molar-refractivity contribution in [2.75, 3.05) is 10.6 Å². The normalized spacial score (nSPS) is 11.5. The molecule has 0 atom stereocenters. The Morgan fingerprint density at radius 2 is 1.43 bits per heavy atom. The van der Waals surface area contributed by atoms with E-state index in [0.717, 1.165) is 0 Å². The number of nitrogens with one attached hydrogen (secondary N) is 3. The zero-order chi connectivity index (χ0) is 25.8. The van der Waals surface area contributed by atoms with Gasteiger partial charge in [-0.2, -0.15) is 0 Å². The Labute approximate surface area is 202 Å². The van der Waals surface area contributed by atoms with Crippen LogP contribution in [-0.4, -0.2) is 30.7 Å². The number of para-hydroxylation sites is 1. The SMILES string of the molecule is CC(C)(C)NS(=O)(=O)c1ccc(NC(=O)c2ccccc2NC(=O)c2ccc([N+](=O)[O-])cc2)cc1. The third-order valence-corrected chi connectivity index (χ3v) is 6.40. The van der Waals surface area contributed by atoms with E-state index in [1.807, 2.05) is 0 Å². The van der Waals surface area contributed by atoms with Crippen molar-refractivity contribution in [1.82, 2.24) is 4.72 Å². The number of anilines is 2. The quantitative estimate of drug-likeness (QED) is 0.330. The molecule has 0 saturated carbocycles. The van der Waals surface area contributed by atoms with Crippen LogP contribution in [-0.2, 0) is 10.0 Å². The predicted molar refractivity (Wildman–Crippen MR) is 132 cm³/mol. The zero-order valence-corrected chi connectivity index (χ0v) is 20.0. The van der Waals surface area contributed by atoms with Gasteiger partial charge in [0.1, 0.15) is 0 Å². The lowest BCUT2D eigenvalue weighted by Gasteiger charge is -2.20. The fraction of sp³-hybridized carbons (Fsp3) is 0.167. The van der Waals surface area contributed by atoms with Gasteiger partial charge >= 0.3 is 0 Å². The summed E-state index contributed by atoms with van der Waals surface area (Å²) >= 11 is 0. The highest BCUT2D eigenvalue weighted by atomic mass is 32.2. The van der Waals surface area contributed by atoms with E-state index in [4.69, 9.17) is 0 Å². The molecule has 11 heteroatoms. The van der Waals surface area contributed by atoms with Gasteiger partial charge in [-0.3, -0.25) is 19.7 Å². The van der Waals surface area contributed by atoms with Crippen molar-refractivity contribution in [1.29, 1.82) is 0 Å². The molecule has 0 aliphatic carbocycles. The number of nitro benzene ring substituents is 1. The van der Waals surface area contributed by atoms with E-state index in [-0.39, 0.29) is 27.4 Å². The van der Waals surface area contributed by atoms with Crippen LogP contribution in [0, 0.1) is 10.1 Å². The highest BCUT2D eigenvalue weighted by molar-refractivity contribution is 7.89. The summed E-state index contributed by atoms with van der Waals surface area (Å²) in [5.74, 6) is -1.06. The summed E-state index contributed by atoms with van der Waals surface area (Å²) in [6.45, 7) is 5.20. The number of amides is 2. The minimum Gasteiger partial charge on any atom is -0.322 e. The summed E-state index contributed by atoms with van der Waals surface area (Å²) in [5.41, 5.74) is 0.173. The van der Waals surface area contributed by atoms with Crippen LogP contribution in [0.5, 0.6) is 0 Å². The lowest BCUT2D eigenvalue weighted by atomic mass is 10.1. The molecular formula is C24H24N4O6S. The van der Waals surface area contributed by atoms with Gasteiger partial charge < -0.3 is 10.6 Å². The number of hydrogen-bond donors (Lipinski definition) is 3. The second kappa shape index (κ2) is 10.0. The first-order valence-electron chi connectivity index (χ1n) is 10.5. The van der Waals surface area contributed by atoms with E-state index in [0.29, 0.717) is 5.69 Å². The van der Waals surface area contributed by atoms with Crippen LogP contribution in [0.25, 0.3) is 0 Å². The van der Waals surface area contributed by atoms with Crippen molar-refractivity contribution in [2.24, 2.45) is 0 Å². The average Bonchev–Trinajstić information content (AvgIpc) is 2.78. The van der Waals surface area contributed by atoms with Crippen molar-refractivity contribution < 1.29 is 22.9 Å². The molecule has 0 saturated heterocycles. The lowest BCUT2D eigenvalue weighted by molar-refractivity contribution is -0.384. The van der Waals surface area contributed by atoms with Crippen molar-refractivity contribution in [3.8, 4) is 0 Å². The molecule has 3 aromatic carbocycles. The van der Waals surface area contributed by atoms with Gasteiger partial charge in [0.05, 0.1) is 21.1 Å². The van der Waals surface area contributed by atoms with E-state index in [1.165, 1.54) is 54.6 Å². The van der Waals surface area contributed by atoms with E-state index >= 15 is 0 Å². The first-order valence-corrected chi connectivity index (χ1v) is 11.9. The Kier molecular flexibility index (Phi) is 7.32. The second-order valence-corrected chi connectivity index (χ2v) is 10.3. The van der Waals surface area contributed by atoms with Crippen LogP contribution in [0.4, 0.5) is 17.1 Å². The Morgan fingerprint density at radius 1 is 0.829 bits per heavy atom. The van der Waals surface area contributed by atoms with Crippen LogP contribution in [0.3, 0.4) is 0 Å². The van der Waals surface area contributed by atoms with Crippen molar-refractivity contribution >= 4 is 38.9 Å². The average molecular weight is 497 g/mol. The molecule has 10 nitrogen and oxygen atoms in total. The van der Waals surface area contributed by atoms with Crippen LogP contribution < -0.4 is 15.4 Å². The molecular weight excluding hydrogens is 472 g/mol. The monoisotopic (exact) mass is 496 g/mol. The number of nitro groups is 1. The third kappa shape index (κ3) is 6.71. The van der Waals surface area contributed by atoms with Crippen LogP contribution >= 0.6 is 0 Å². The summed E-state index contributed by atoms with van der Waals surface area (Å²) in [6, 6.07) is 17.1. The van der Waals surface area contributed by atoms with Crippen LogP contribution in [0.1, 0.15) is 41.5 Å². The number of carbonyl (C=O) groups is 2. The van der Waals surface area contributed by atoms with E-state index in [9.17, 15) is 28.1 Å². The number of carbonyl (C=O) groups excluding carboxylic acids is 2. The molecule has 3 N–H and O–H groups in total. The number of benzene rings is 3. The maximum absolute atomic E-state index is 12.9. The summed E-state index contributed by atoms with van der Waals surface area (Å²) in [6.07, 6.45) is 0. The maximum Gasteiger partial charge on any atom is 0.269 e. The van der Waals surface area contributed by atoms with Gasteiger partial charge in [-0.15, -0.1) is 0 Å². The molecule has 0 bridgehead atoms. The Bertz CT molecular complexity index is 1360. The molecule has 182 valence electrons. The number of non-ortho nitro benzene ring substituents is 1. The van der Waals surface area contributed by atoms with Gasteiger partial charge in [-0.05, 0) is 69.3 Å². The largest absolute Gasteiger partial charge is 0.322 e. The molecule has 0 aromatic heterocycles. The lowest BCUT2D eigenvalue weighted by Crippen LogP contribution is -2.40. The van der Waals surface area contributed by atoms with E-state index in [2.05, 4.69) is 15.4 Å². The van der Waals surface area contributed by atoms with Crippen LogP contribution in [0.15, 0.2) is 77.7 Å². The van der Waals surface area contributed by atoms with Gasteiger partial charge in [0, 0.05) is 28.9 Å². The minimum absolute atomic E-state index is 0.0567. The van der Waals surface area contributed by atoms with Gasteiger partial charge in [-0.1, -0.05) is 12.1 Å². The fourth-order valence-electron chi connectivity index (χ4n) is 3.10. The van der Waals surface area contributed by atoms with E-state index < -0.39 is 32.3 Å². The van der Waals surface area contributed by atoms with Crippen molar-refractivity contribution in [2.45, 2.75) is 31.2 Å². The molecule has 0 spiro atoms. The fourth-order valence-corrected chi connectivity index (χ4v) is 4.52. The highest BCUT2D eigenvalue weighted by Gasteiger charge is 2.22. The molecule has 0 aliphatic rings. The Hall–Kier alpha value is -4.09.